The number of rotatable bonds is 6. The van der Waals surface area contributed by atoms with Crippen LogP contribution in [0.2, 0.25) is 0 Å². The van der Waals surface area contributed by atoms with E-state index in [2.05, 4.69) is 10.2 Å². The molecule has 1 fully saturated rings. The fraction of sp³-hybridized carbons (Fsp3) is 0.409. The molecule has 27 heavy (non-hydrogen) atoms. The standard InChI is InChI=1S/C22H28N2O3/c1-16(20-15-19(26-2)11-12-21(20)27-3)23-22(25)17-7-9-18(10-8-17)24-13-5-4-6-14-24/h7-12,15-16H,4-6,13-14H2,1-3H3,(H,23,25)/t16-/m0/s1. The second-order valence-electron chi connectivity index (χ2n) is 6.90. The number of piperidine rings is 1. The molecule has 1 amide bonds. The average Bonchev–Trinajstić information content (AvgIpc) is 2.73. The van der Waals surface area contributed by atoms with E-state index in [-0.39, 0.29) is 11.9 Å². The fourth-order valence-corrected chi connectivity index (χ4v) is 3.51. The molecule has 1 N–H and O–H groups in total. The monoisotopic (exact) mass is 368 g/mol. The number of carbonyl (C=O) groups excluding carboxylic acids is 1. The Bertz CT molecular complexity index is 768. The third-order valence-electron chi connectivity index (χ3n) is 5.10. The van der Waals surface area contributed by atoms with Gasteiger partial charge in [-0.1, -0.05) is 0 Å². The van der Waals surface area contributed by atoms with E-state index in [0.29, 0.717) is 5.56 Å². The van der Waals surface area contributed by atoms with Crippen molar-refractivity contribution in [3.05, 3.63) is 53.6 Å². The summed E-state index contributed by atoms with van der Waals surface area (Å²) in [6.45, 7) is 4.13. The molecular weight excluding hydrogens is 340 g/mol. The van der Waals surface area contributed by atoms with Crippen molar-refractivity contribution in [2.75, 3.05) is 32.2 Å². The first-order valence-corrected chi connectivity index (χ1v) is 9.50. The molecule has 0 aromatic heterocycles. The zero-order valence-corrected chi connectivity index (χ0v) is 16.3. The molecule has 1 heterocycles. The van der Waals surface area contributed by atoms with Crippen molar-refractivity contribution in [1.82, 2.24) is 5.32 Å². The van der Waals surface area contributed by atoms with Crippen LogP contribution >= 0.6 is 0 Å². The van der Waals surface area contributed by atoms with Gasteiger partial charge in [0.1, 0.15) is 11.5 Å². The van der Waals surface area contributed by atoms with Crippen LogP contribution in [0, 0.1) is 0 Å². The van der Waals surface area contributed by atoms with Gasteiger partial charge < -0.3 is 19.7 Å². The summed E-state index contributed by atoms with van der Waals surface area (Å²) in [6.07, 6.45) is 3.78. The highest BCUT2D eigenvalue weighted by Gasteiger charge is 2.17. The molecule has 0 radical (unpaired) electrons. The maximum Gasteiger partial charge on any atom is 0.251 e. The quantitative estimate of drug-likeness (QED) is 0.831. The minimum absolute atomic E-state index is 0.0995. The minimum Gasteiger partial charge on any atom is -0.497 e. The largest absolute Gasteiger partial charge is 0.497 e. The van der Waals surface area contributed by atoms with Crippen molar-refractivity contribution in [3.63, 3.8) is 0 Å². The first-order chi connectivity index (χ1) is 13.1. The van der Waals surface area contributed by atoms with Crippen molar-refractivity contribution in [1.29, 1.82) is 0 Å². The van der Waals surface area contributed by atoms with E-state index in [4.69, 9.17) is 9.47 Å². The van der Waals surface area contributed by atoms with Crippen LogP contribution in [0.15, 0.2) is 42.5 Å². The van der Waals surface area contributed by atoms with Gasteiger partial charge in [0.2, 0.25) is 0 Å². The van der Waals surface area contributed by atoms with Crippen LogP contribution in [0.3, 0.4) is 0 Å². The molecule has 5 heteroatoms. The highest BCUT2D eigenvalue weighted by atomic mass is 16.5. The molecule has 2 aromatic rings. The van der Waals surface area contributed by atoms with Gasteiger partial charge in [-0.25, -0.2) is 0 Å². The smallest absolute Gasteiger partial charge is 0.251 e. The van der Waals surface area contributed by atoms with Crippen molar-refractivity contribution < 1.29 is 14.3 Å². The number of hydrogen-bond donors (Lipinski definition) is 1. The van der Waals surface area contributed by atoms with Crippen LogP contribution in [0.1, 0.15) is 48.1 Å². The summed E-state index contributed by atoms with van der Waals surface area (Å²) in [4.78, 5) is 15.1. The first kappa shape index (κ1) is 19.1. The number of ether oxygens (including phenoxy) is 2. The van der Waals surface area contributed by atoms with E-state index in [1.165, 1.54) is 24.9 Å². The van der Waals surface area contributed by atoms with E-state index in [9.17, 15) is 4.79 Å². The Balaban J connectivity index is 1.69. The van der Waals surface area contributed by atoms with Gasteiger partial charge in [0.05, 0.1) is 20.3 Å². The summed E-state index contributed by atoms with van der Waals surface area (Å²) >= 11 is 0. The van der Waals surface area contributed by atoms with Gasteiger partial charge in [0.25, 0.3) is 5.91 Å². The number of nitrogens with zero attached hydrogens (tertiary/aromatic N) is 1. The van der Waals surface area contributed by atoms with Gasteiger partial charge in [0.15, 0.2) is 0 Å². The van der Waals surface area contributed by atoms with Crippen LogP contribution in [0.5, 0.6) is 11.5 Å². The number of carbonyl (C=O) groups is 1. The van der Waals surface area contributed by atoms with Gasteiger partial charge in [0, 0.05) is 29.9 Å². The summed E-state index contributed by atoms with van der Waals surface area (Å²) in [7, 11) is 3.25. The van der Waals surface area contributed by atoms with Crippen molar-refractivity contribution in [3.8, 4) is 11.5 Å². The second kappa shape index (κ2) is 8.80. The molecule has 1 saturated heterocycles. The van der Waals surface area contributed by atoms with Crippen LogP contribution in [-0.2, 0) is 0 Å². The summed E-state index contributed by atoms with van der Waals surface area (Å²) in [6, 6.07) is 13.3. The van der Waals surface area contributed by atoms with Crippen LogP contribution < -0.4 is 19.7 Å². The number of amides is 1. The number of hydrogen-bond acceptors (Lipinski definition) is 4. The third-order valence-corrected chi connectivity index (χ3v) is 5.10. The van der Waals surface area contributed by atoms with Crippen molar-refractivity contribution in [2.45, 2.75) is 32.2 Å². The molecule has 1 aliphatic rings. The molecule has 144 valence electrons. The molecule has 0 aliphatic carbocycles. The van der Waals surface area contributed by atoms with E-state index < -0.39 is 0 Å². The van der Waals surface area contributed by atoms with E-state index in [1.807, 2.05) is 49.4 Å². The Morgan fingerprint density at radius 1 is 1.00 bits per heavy atom. The van der Waals surface area contributed by atoms with Crippen LogP contribution in [-0.4, -0.2) is 33.2 Å². The molecule has 0 bridgehead atoms. The third kappa shape index (κ3) is 4.54. The number of benzene rings is 2. The maximum absolute atomic E-state index is 12.7. The van der Waals surface area contributed by atoms with E-state index in [1.54, 1.807) is 14.2 Å². The Morgan fingerprint density at radius 2 is 1.70 bits per heavy atom. The zero-order valence-electron chi connectivity index (χ0n) is 16.3. The molecule has 0 spiro atoms. The highest BCUT2D eigenvalue weighted by Crippen LogP contribution is 2.29. The van der Waals surface area contributed by atoms with Gasteiger partial charge in [-0.15, -0.1) is 0 Å². The molecule has 1 aliphatic heterocycles. The second-order valence-corrected chi connectivity index (χ2v) is 6.90. The predicted octanol–water partition coefficient (Wildman–Crippen LogP) is 4.19. The van der Waals surface area contributed by atoms with Crippen molar-refractivity contribution >= 4 is 11.6 Å². The maximum atomic E-state index is 12.7. The summed E-state index contributed by atoms with van der Waals surface area (Å²) in [5, 5.41) is 3.05. The number of anilines is 1. The van der Waals surface area contributed by atoms with E-state index in [0.717, 1.165) is 30.2 Å². The average molecular weight is 368 g/mol. The predicted molar refractivity (Wildman–Crippen MR) is 108 cm³/mol. The Labute approximate surface area is 161 Å². The number of nitrogens with one attached hydrogen (secondary N) is 1. The first-order valence-electron chi connectivity index (χ1n) is 9.50. The van der Waals surface area contributed by atoms with Crippen molar-refractivity contribution in [2.24, 2.45) is 0 Å². The molecule has 0 unspecified atom stereocenters. The number of methoxy groups -OCH3 is 2. The molecule has 1 atom stereocenters. The van der Waals surface area contributed by atoms with Crippen LogP contribution in [0.25, 0.3) is 0 Å². The zero-order chi connectivity index (χ0) is 19.2. The van der Waals surface area contributed by atoms with Gasteiger partial charge >= 0.3 is 0 Å². The molecular formula is C22H28N2O3. The van der Waals surface area contributed by atoms with Gasteiger partial charge in [-0.3, -0.25) is 4.79 Å². The Hall–Kier alpha value is -2.69. The lowest BCUT2D eigenvalue weighted by Crippen LogP contribution is -2.29. The Kier molecular flexibility index (Phi) is 6.22. The van der Waals surface area contributed by atoms with E-state index >= 15 is 0 Å². The lowest BCUT2D eigenvalue weighted by atomic mass is 10.1. The van der Waals surface area contributed by atoms with Gasteiger partial charge in [-0.05, 0) is 68.7 Å². The lowest BCUT2D eigenvalue weighted by molar-refractivity contribution is 0.0939. The molecule has 2 aromatic carbocycles. The molecule has 0 saturated carbocycles. The minimum atomic E-state index is -0.204. The molecule has 3 rings (SSSR count). The van der Waals surface area contributed by atoms with Crippen LogP contribution in [0.4, 0.5) is 5.69 Å². The normalized spacial score (nSPS) is 15.1. The SMILES string of the molecule is COc1ccc(OC)c([C@H](C)NC(=O)c2ccc(N3CCCCC3)cc2)c1. The lowest BCUT2D eigenvalue weighted by Gasteiger charge is -2.28. The van der Waals surface area contributed by atoms with Gasteiger partial charge in [-0.2, -0.15) is 0 Å². The molecule has 5 nitrogen and oxygen atoms in total. The fourth-order valence-electron chi connectivity index (χ4n) is 3.51. The topological polar surface area (TPSA) is 50.8 Å². The summed E-state index contributed by atoms with van der Waals surface area (Å²) in [5.74, 6) is 1.36. The summed E-state index contributed by atoms with van der Waals surface area (Å²) < 4.78 is 10.7. The summed E-state index contributed by atoms with van der Waals surface area (Å²) in [5.41, 5.74) is 2.73. The Morgan fingerprint density at radius 3 is 2.33 bits per heavy atom. The highest BCUT2D eigenvalue weighted by molar-refractivity contribution is 5.94.